The van der Waals surface area contributed by atoms with E-state index < -0.39 is 11.8 Å². The first-order chi connectivity index (χ1) is 12.0. The lowest BCUT2D eigenvalue weighted by Gasteiger charge is -2.11. The van der Waals surface area contributed by atoms with Gasteiger partial charge in [0, 0.05) is 4.90 Å². The maximum absolute atomic E-state index is 13.4. The number of ether oxygens (including phenoxy) is 1. The van der Waals surface area contributed by atoms with Crippen LogP contribution in [-0.4, -0.2) is 24.2 Å². The molecule has 7 heteroatoms. The number of amides is 2. The van der Waals surface area contributed by atoms with E-state index in [1.165, 1.54) is 6.07 Å². The highest BCUT2D eigenvalue weighted by atomic mass is 32.2. The lowest BCUT2D eigenvalue weighted by molar-refractivity contribution is -0.128. The van der Waals surface area contributed by atoms with Crippen LogP contribution in [0.3, 0.4) is 0 Å². The van der Waals surface area contributed by atoms with Crippen molar-refractivity contribution in [1.82, 2.24) is 10.9 Å². The maximum Gasteiger partial charge on any atom is 0.276 e. The molecule has 0 bridgehead atoms. The van der Waals surface area contributed by atoms with Crippen LogP contribution in [0.4, 0.5) is 4.39 Å². The number of hydrazine groups is 1. The zero-order chi connectivity index (χ0) is 18.2. The fourth-order valence-electron chi connectivity index (χ4n) is 1.94. The van der Waals surface area contributed by atoms with Crippen LogP contribution in [-0.2, 0) is 9.59 Å². The van der Waals surface area contributed by atoms with Gasteiger partial charge in [0.25, 0.3) is 5.91 Å². The number of carbonyl (C=O) groups is 2. The molecule has 0 saturated carbocycles. The lowest BCUT2D eigenvalue weighted by Crippen LogP contribution is -2.44. The third-order valence-electron chi connectivity index (χ3n) is 3.45. The minimum Gasteiger partial charge on any atom is -0.483 e. The van der Waals surface area contributed by atoms with Crippen LogP contribution in [0.5, 0.6) is 5.75 Å². The Morgan fingerprint density at radius 3 is 2.52 bits per heavy atom. The average Bonchev–Trinajstić information content (AvgIpc) is 2.60. The Labute approximate surface area is 149 Å². The van der Waals surface area contributed by atoms with Crippen LogP contribution in [0, 0.1) is 19.7 Å². The smallest absolute Gasteiger partial charge is 0.276 e. The first-order valence-electron chi connectivity index (χ1n) is 7.61. The van der Waals surface area contributed by atoms with Gasteiger partial charge < -0.3 is 4.74 Å². The second-order valence-electron chi connectivity index (χ2n) is 5.30. The molecule has 0 aromatic heterocycles. The number of aryl methyl sites for hydroxylation is 1. The third kappa shape index (κ3) is 5.79. The van der Waals surface area contributed by atoms with Crippen LogP contribution in [0.25, 0.3) is 0 Å². The summed E-state index contributed by atoms with van der Waals surface area (Å²) in [5.74, 6) is -0.694. The summed E-state index contributed by atoms with van der Waals surface area (Å²) >= 11 is 1.05. The molecular formula is C18H19FN2O3S. The largest absolute Gasteiger partial charge is 0.483 e. The molecular weight excluding hydrogens is 343 g/mol. The number of carbonyl (C=O) groups excluding carboxylic acids is 2. The van der Waals surface area contributed by atoms with Gasteiger partial charge in [0.05, 0.1) is 5.75 Å². The summed E-state index contributed by atoms with van der Waals surface area (Å²) in [5, 5.41) is 0. The minimum absolute atomic E-state index is 0.0148. The molecule has 2 N–H and O–H groups in total. The van der Waals surface area contributed by atoms with E-state index in [-0.39, 0.29) is 18.2 Å². The summed E-state index contributed by atoms with van der Waals surface area (Å²) in [4.78, 5) is 23.8. The molecule has 25 heavy (non-hydrogen) atoms. The van der Waals surface area contributed by atoms with Gasteiger partial charge in [0.1, 0.15) is 11.6 Å². The van der Waals surface area contributed by atoms with E-state index in [9.17, 15) is 14.0 Å². The zero-order valence-electron chi connectivity index (χ0n) is 14.0. The number of hydrogen-bond donors (Lipinski definition) is 2. The van der Waals surface area contributed by atoms with Gasteiger partial charge in [-0.25, -0.2) is 4.39 Å². The molecule has 2 amide bonds. The lowest BCUT2D eigenvalue weighted by atomic mass is 10.1. The summed E-state index contributed by atoms with van der Waals surface area (Å²) < 4.78 is 18.9. The highest BCUT2D eigenvalue weighted by Crippen LogP contribution is 2.21. The van der Waals surface area contributed by atoms with Crippen molar-refractivity contribution < 1.29 is 18.7 Å². The number of thioether (sulfide) groups is 1. The number of benzene rings is 2. The minimum atomic E-state index is -0.481. The number of hydrogen-bond acceptors (Lipinski definition) is 4. The standard InChI is InChI=1S/C18H19FN2O3S/c1-12-6-5-8-15(13(12)2)24-10-17(22)20-21-18(23)11-25-16-9-4-3-7-14(16)19/h3-9H,10-11H2,1-2H3,(H,20,22)(H,21,23). The number of halogens is 1. The van der Waals surface area contributed by atoms with Gasteiger partial charge in [0.2, 0.25) is 5.91 Å². The van der Waals surface area contributed by atoms with Gasteiger partial charge in [0.15, 0.2) is 6.61 Å². The van der Waals surface area contributed by atoms with E-state index >= 15 is 0 Å². The van der Waals surface area contributed by atoms with Crippen LogP contribution in [0.15, 0.2) is 47.4 Å². The summed E-state index contributed by atoms with van der Waals surface area (Å²) in [6.45, 7) is 3.64. The Hall–Kier alpha value is -2.54. The fourth-order valence-corrected chi connectivity index (χ4v) is 2.68. The monoisotopic (exact) mass is 362 g/mol. The Bertz CT molecular complexity index is 768. The van der Waals surface area contributed by atoms with E-state index in [1.807, 2.05) is 26.0 Å². The molecule has 132 valence electrons. The molecule has 0 aliphatic rings. The maximum atomic E-state index is 13.4. The number of nitrogens with one attached hydrogen (secondary N) is 2. The Balaban J connectivity index is 1.71. The molecule has 0 atom stereocenters. The van der Waals surface area contributed by atoms with Crippen molar-refractivity contribution >= 4 is 23.6 Å². The second kappa shape index (κ2) is 9.08. The van der Waals surface area contributed by atoms with Gasteiger partial charge in [-0.3, -0.25) is 20.4 Å². The molecule has 0 heterocycles. The van der Waals surface area contributed by atoms with E-state index in [4.69, 9.17) is 4.74 Å². The summed E-state index contributed by atoms with van der Waals surface area (Å²) in [7, 11) is 0. The first kappa shape index (κ1) is 18.8. The van der Waals surface area contributed by atoms with Gasteiger partial charge >= 0.3 is 0 Å². The van der Waals surface area contributed by atoms with Crippen molar-refractivity contribution in [1.29, 1.82) is 0 Å². The van der Waals surface area contributed by atoms with Crippen molar-refractivity contribution in [3.05, 3.63) is 59.4 Å². The predicted molar refractivity (Wildman–Crippen MR) is 94.8 cm³/mol. The van der Waals surface area contributed by atoms with Crippen LogP contribution in [0.1, 0.15) is 11.1 Å². The Morgan fingerprint density at radius 2 is 1.76 bits per heavy atom. The first-order valence-corrected chi connectivity index (χ1v) is 8.60. The summed E-state index contributed by atoms with van der Waals surface area (Å²) in [6.07, 6.45) is 0. The molecule has 0 fully saturated rings. The molecule has 0 aliphatic heterocycles. The zero-order valence-corrected chi connectivity index (χ0v) is 14.8. The molecule has 0 saturated heterocycles. The van der Waals surface area contributed by atoms with E-state index in [2.05, 4.69) is 10.9 Å². The topological polar surface area (TPSA) is 67.4 Å². The highest BCUT2D eigenvalue weighted by molar-refractivity contribution is 8.00. The van der Waals surface area contributed by atoms with Crippen molar-refractivity contribution in [3.63, 3.8) is 0 Å². The van der Waals surface area contributed by atoms with Crippen LogP contribution < -0.4 is 15.6 Å². The van der Waals surface area contributed by atoms with Gasteiger partial charge in [-0.05, 0) is 43.2 Å². The average molecular weight is 362 g/mol. The van der Waals surface area contributed by atoms with Gasteiger partial charge in [-0.2, -0.15) is 0 Å². The van der Waals surface area contributed by atoms with Crippen molar-refractivity contribution in [2.75, 3.05) is 12.4 Å². The molecule has 5 nitrogen and oxygen atoms in total. The quantitative estimate of drug-likeness (QED) is 0.613. The van der Waals surface area contributed by atoms with Gasteiger partial charge in [-0.1, -0.05) is 24.3 Å². The van der Waals surface area contributed by atoms with Crippen molar-refractivity contribution in [3.8, 4) is 5.75 Å². The molecule has 0 aliphatic carbocycles. The molecule has 2 aromatic carbocycles. The molecule has 2 rings (SSSR count). The second-order valence-corrected chi connectivity index (χ2v) is 6.32. The SMILES string of the molecule is Cc1cccc(OCC(=O)NNC(=O)CSc2ccccc2F)c1C. The molecule has 2 aromatic rings. The highest BCUT2D eigenvalue weighted by Gasteiger charge is 2.09. The van der Waals surface area contributed by atoms with Crippen molar-refractivity contribution in [2.45, 2.75) is 18.7 Å². The normalized spacial score (nSPS) is 10.2. The van der Waals surface area contributed by atoms with E-state index in [1.54, 1.807) is 24.3 Å². The molecule has 0 radical (unpaired) electrons. The Kier molecular flexibility index (Phi) is 6.82. The molecule has 0 unspecified atom stereocenters. The van der Waals surface area contributed by atoms with Gasteiger partial charge in [-0.15, -0.1) is 11.8 Å². The predicted octanol–water partition coefficient (Wildman–Crippen LogP) is 2.76. The van der Waals surface area contributed by atoms with E-state index in [0.29, 0.717) is 10.6 Å². The van der Waals surface area contributed by atoms with Crippen LogP contribution in [0.2, 0.25) is 0 Å². The summed E-state index contributed by atoms with van der Waals surface area (Å²) in [5.41, 5.74) is 6.56. The Morgan fingerprint density at radius 1 is 1.04 bits per heavy atom. The fraction of sp³-hybridized carbons (Fsp3) is 0.222. The number of rotatable bonds is 6. The molecule has 0 spiro atoms. The summed E-state index contributed by atoms with van der Waals surface area (Å²) in [6, 6.07) is 11.8. The van der Waals surface area contributed by atoms with E-state index in [0.717, 1.165) is 22.9 Å². The van der Waals surface area contributed by atoms with Crippen molar-refractivity contribution in [2.24, 2.45) is 0 Å². The third-order valence-corrected chi connectivity index (χ3v) is 4.50. The van der Waals surface area contributed by atoms with Crippen LogP contribution >= 0.6 is 11.8 Å².